The summed E-state index contributed by atoms with van der Waals surface area (Å²) in [5, 5.41) is 9.52. The highest BCUT2D eigenvalue weighted by Gasteiger charge is 2.39. The molecule has 88 valence electrons. The second kappa shape index (κ2) is 4.08. The zero-order valence-corrected chi connectivity index (χ0v) is 8.65. The largest absolute Gasteiger partial charge is 0.422 e. The Kier molecular flexibility index (Phi) is 2.75. The van der Waals surface area contributed by atoms with Crippen LogP contribution in [0.5, 0.6) is 0 Å². The number of aromatic nitrogens is 1. The number of alkyl halides is 3. The third-order valence-electron chi connectivity index (χ3n) is 2.33. The van der Waals surface area contributed by atoms with Crippen LogP contribution in [0.15, 0.2) is 48.7 Å². The number of rotatable bonds is 1. The minimum Gasteiger partial charge on any atom is -0.285 e. The van der Waals surface area contributed by atoms with Crippen LogP contribution in [-0.2, 0) is 6.18 Å². The molecule has 2 rings (SSSR count). The molecule has 2 nitrogen and oxygen atoms in total. The van der Waals surface area contributed by atoms with E-state index in [0.717, 1.165) is 18.3 Å². The molecule has 0 saturated carbocycles. The van der Waals surface area contributed by atoms with Crippen LogP contribution in [-0.4, -0.2) is 5.21 Å². The topological polar surface area (TPSA) is 24.1 Å². The van der Waals surface area contributed by atoms with Crippen LogP contribution >= 0.6 is 0 Å². The highest BCUT2D eigenvalue weighted by atomic mass is 19.4. The molecule has 0 aliphatic carbocycles. The Balaban J connectivity index is 2.69. The fourth-order valence-corrected chi connectivity index (χ4v) is 1.61. The summed E-state index contributed by atoms with van der Waals surface area (Å²) in [6.45, 7) is 0. The van der Waals surface area contributed by atoms with E-state index in [2.05, 4.69) is 0 Å². The van der Waals surface area contributed by atoms with Gasteiger partial charge in [-0.15, -0.1) is 0 Å². The normalized spacial score (nSPS) is 11.5. The summed E-state index contributed by atoms with van der Waals surface area (Å²) in [6, 6.07) is 10.0. The van der Waals surface area contributed by atoms with Gasteiger partial charge in [-0.05, 0) is 18.2 Å². The average Bonchev–Trinajstić information content (AvgIpc) is 2.28. The molecule has 5 heteroatoms. The first-order chi connectivity index (χ1) is 8.00. The van der Waals surface area contributed by atoms with Gasteiger partial charge in [0.05, 0.1) is 5.56 Å². The highest BCUT2D eigenvalue weighted by Crippen LogP contribution is 2.34. The smallest absolute Gasteiger partial charge is 0.285 e. The Hall–Kier alpha value is -2.04. The van der Waals surface area contributed by atoms with Crippen LogP contribution in [0.2, 0.25) is 0 Å². The summed E-state index contributed by atoms with van der Waals surface area (Å²) in [6.07, 6.45) is -3.34. The number of nitrogens with zero attached hydrogens (tertiary/aromatic N) is 1. The molecule has 0 amide bonds. The predicted octanol–water partition coefficient (Wildman–Crippen LogP) is 2.90. The maximum absolute atomic E-state index is 12.8. The van der Waals surface area contributed by atoms with Crippen LogP contribution < -0.4 is 4.73 Å². The third-order valence-corrected chi connectivity index (χ3v) is 2.33. The fourth-order valence-electron chi connectivity index (χ4n) is 1.61. The van der Waals surface area contributed by atoms with Gasteiger partial charge >= 0.3 is 6.18 Å². The van der Waals surface area contributed by atoms with E-state index < -0.39 is 11.7 Å². The van der Waals surface area contributed by atoms with Crippen molar-refractivity contribution in [2.45, 2.75) is 6.18 Å². The third kappa shape index (κ3) is 2.22. The maximum atomic E-state index is 12.8. The number of benzene rings is 1. The van der Waals surface area contributed by atoms with Crippen molar-refractivity contribution in [1.29, 1.82) is 0 Å². The van der Waals surface area contributed by atoms with Gasteiger partial charge in [-0.3, -0.25) is 5.21 Å². The molecule has 0 bridgehead atoms. The van der Waals surface area contributed by atoms with Crippen LogP contribution in [0.1, 0.15) is 5.56 Å². The molecular formula is C12H9F3NO+. The van der Waals surface area contributed by atoms with Gasteiger partial charge < -0.3 is 0 Å². The van der Waals surface area contributed by atoms with E-state index in [1.807, 2.05) is 0 Å². The highest BCUT2D eigenvalue weighted by molar-refractivity contribution is 5.60. The van der Waals surface area contributed by atoms with E-state index in [4.69, 9.17) is 0 Å². The summed E-state index contributed by atoms with van der Waals surface area (Å²) in [7, 11) is 0. The zero-order valence-electron chi connectivity index (χ0n) is 8.65. The minimum atomic E-state index is -4.50. The Bertz CT molecular complexity index is 523. The zero-order chi connectivity index (χ0) is 12.5. The van der Waals surface area contributed by atoms with Gasteiger partial charge in [0.15, 0.2) is 0 Å². The van der Waals surface area contributed by atoms with Gasteiger partial charge in [0.1, 0.15) is 5.56 Å². The molecule has 1 N–H and O–H groups in total. The lowest BCUT2D eigenvalue weighted by molar-refractivity contribution is -0.896. The molecule has 0 spiro atoms. The van der Waals surface area contributed by atoms with Crippen molar-refractivity contribution in [3.05, 3.63) is 54.2 Å². The van der Waals surface area contributed by atoms with Crippen molar-refractivity contribution < 1.29 is 23.1 Å². The Morgan fingerprint density at radius 2 is 1.59 bits per heavy atom. The van der Waals surface area contributed by atoms with E-state index in [9.17, 15) is 18.4 Å². The number of hydrogen-bond donors (Lipinski definition) is 1. The van der Waals surface area contributed by atoms with Crippen molar-refractivity contribution >= 4 is 0 Å². The van der Waals surface area contributed by atoms with Crippen molar-refractivity contribution in [2.24, 2.45) is 0 Å². The molecular weight excluding hydrogens is 231 g/mol. The molecule has 17 heavy (non-hydrogen) atoms. The maximum Gasteiger partial charge on any atom is 0.422 e. The summed E-state index contributed by atoms with van der Waals surface area (Å²) in [4.78, 5) is 0. The number of pyridine rings is 1. The first-order valence-corrected chi connectivity index (χ1v) is 4.86. The SMILES string of the molecule is O[n+]1cccc(C(F)(F)F)c1-c1ccccc1. The molecule has 0 atom stereocenters. The van der Waals surface area contributed by atoms with Crippen molar-refractivity contribution in [3.8, 4) is 11.3 Å². The van der Waals surface area contributed by atoms with Crippen molar-refractivity contribution in [1.82, 2.24) is 0 Å². The fraction of sp³-hybridized carbons (Fsp3) is 0.0833. The molecule has 0 aliphatic rings. The van der Waals surface area contributed by atoms with Crippen molar-refractivity contribution in [2.75, 3.05) is 0 Å². The lowest BCUT2D eigenvalue weighted by atomic mass is 10.1. The molecule has 0 radical (unpaired) electrons. The minimum absolute atomic E-state index is 0.263. The van der Waals surface area contributed by atoms with E-state index >= 15 is 0 Å². The number of hydrogen-bond acceptors (Lipinski definition) is 1. The molecule has 1 aromatic heterocycles. The summed E-state index contributed by atoms with van der Waals surface area (Å²) in [5.74, 6) is 0. The Morgan fingerprint density at radius 3 is 2.18 bits per heavy atom. The first kappa shape index (κ1) is 11.4. The van der Waals surface area contributed by atoms with Crippen LogP contribution in [0.25, 0.3) is 11.3 Å². The summed E-state index contributed by atoms with van der Waals surface area (Å²) >= 11 is 0. The Labute approximate surface area is 95.5 Å². The molecule has 1 heterocycles. The molecule has 0 unspecified atom stereocenters. The van der Waals surface area contributed by atoms with Gasteiger partial charge in [-0.25, -0.2) is 0 Å². The van der Waals surface area contributed by atoms with Crippen LogP contribution in [0.4, 0.5) is 13.2 Å². The number of halogens is 3. The van der Waals surface area contributed by atoms with E-state index in [1.54, 1.807) is 18.2 Å². The average molecular weight is 240 g/mol. The second-order valence-electron chi connectivity index (χ2n) is 3.48. The summed E-state index contributed by atoms with van der Waals surface area (Å²) < 4.78 is 38.9. The lowest BCUT2D eigenvalue weighted by Gasteiger charge is -2.08. The Morgan fingerprint density at radius 1 is 0.941 bits per heavy atom. The van der Waals surface area contributed by atoms with Gasteiger partial charge in [0, 0.05) is 10.8 Å². The quantitative estimate of drug-likeness (QED) is 0.601. The molecule has 0 saturated heterocycles. The second-order valence-corrected chi connectivity index (χ2v) is 3.48. The first-order valence-electron chi connectivity index (χ1n) is 4.86. The molecule has 1 aromatic carbocycles. The van der Waals surface area contributed by atoms with Crippen LogP contribution in [0.3, 0.4) is 0 Å². The van der Waals surface area contributed by atoms with Gasteiger partial charge in [-0.2, -0.15) is 13.2 Å². The van der Waals surface area contributed by atoms with Gasteiger partial charge in [0.2, 0.25) is 6.20 Å². The predicted molar refractivity (Wildman–Crippen MR) is 54.3 cm³/mol. The van der Waals surface area contributed by atoms with Crippen molar-refractivity contribution in [3.63, 3.8) is 0 Å². The molecule has 0 aliphatic heterocycles. The van der Waals surface area contributed by atoms with Crippen LogP contribution in [0, 0.1) is 0 Å². The summed E-state index contributed by atoms with van der Waals surface area (Å²) in [5.41, 5.74) is -0.822. The lowest BCUT2D eigenvalue weighted by Crippen LogP contribution is -2.34. The van der Waals surface area contributed by atoms with E-state index in [1.165, 1.54) is 12.1 Å². The van der Waals surface area contributed by atoms with E-state index in [-0.39, 0.29) is 5.69 Å². The van der Waals surface area contributed by atoms with Gasteiger partial charge in [0.25, 0.3) is 5.69 Å². The molecule has 2 aromatic rings. The molecule has 0 fully saturated rings. The van der Waals surface area contributed by atoms with Gasteiger partial charge in [-0.1, -0.05) is 18.2 Å². The standard InChI is InChI=1S/C12H9F3NO/c13-12(14,15)10-7-4-8-16(17)11(10)9-5-2-1-3-6-9/h1-8,17H/q+1. The van der Waals surface area contributed by atoms with E-state index in [0.29, 0.717) is 10.3 Å². The monoisotopic (exact) mass is 240 g/mol.